The van der Waals surface area contributed by atoms with Crippen molar-refractivity contribution in [2.45, 2.75) is 71.5 Å². The van der Waals surface area contributed by atoms with Gasteiger partial charge < -0.3 is 20.5 Å². The lowest BCUT2D eigenvalue weighted by molar-refractivity contribution is -0.222. The highest BCUT2D eigenvalue weighted by atomic mass is 16.5. The lowest BCUT2D eigenvalue weighted by atomic mass is 10.0. The van der Waals surface area contributed by atoms with E-state index in [9.17, 15) is 14.7 Å². The molecule has 0 unspecified atom stereocenters. The summed E-state index contributed by atoms with van der Waals surface area (Å²) >= 11 is 0. The first-order valence-electron chi connectivity index (χ1n) is 14.1. The highest BCUT2D eigenvalue weighted by molar-refractivity contribution is 5.91. The van der Waals surface area contributed by atoms with E-state index in [1.165, 1.54) is 0 Å². The molecule has 3 rings (SSSR count). The minimum Gasteiger partial charge on any atom is -0.861 e. The zero-order valence-electron chi connectivity index (χ0n) is 24.6. The second kappa shape index (κ2) is 15.1. The average Bonchev–Trinajstić information content (AvgIpc) is 2.93. The molecule has 0 saturated carbocycles. The van der Waals surface area contributed by atoms with Crippen molar-refractivity contribution < 1.29 is 19.4 Å². The van der Waals surface area contributed by atoms with Crippen LogP contribution in [0.1, 0.15) is 62.5 Å². The van der Waals surface area contributed by atoms with Gasteiger partial charge in [0.15, 0.2) is 0 Å². The standard InChI is InChI=1S/C33H42N4O4/c1-23(2)15-20-35-28(21-25-16-18-34-19-17-25)30(38)36-29(31(39)37-33(3,4)5)22-24-11-13-27(14-12-24)41-32(40)26-9-7-6-8-10-26/h6-14,16-19,23,28-29,35H,15,20-22H2,1-5H3,(H,36,38)(H,37,39)/p-1/t28-,29-/m0/s1. The Labute approximate surface area is 243 Å². The van der Waals surface area contributed by atoms with Gasteiger partial charge in [0, 0.05) is 12.4 Å². The summed E-state index contributed by atoms with van der Waals surface area (Å²) in [5, 5.41) is 19.6. The third-order valence-corrected chi connectivity index (χ3v) is 6.26. The van der Waals surface area contributed by atoms with Crippen molar-refractivity contribution in [3.05, 3.63) is 95.8 Å². The van der Waals surface area contributed by atoms with E-state index >= 15 is 0 Å². The van der Waals surface area contributed by atoms with Crippen LogP contribution >= 0.6 is 0 Å². The van der Waals surface area contributed by atoms with Gasteiger partial charge in [-0.1, -0.05) is 44.2 Å². The normalized spacial score (nSPS) is 13.5. The first-order chi connectivity index (χ1) is 19.5. The molecule has 1 heterocycles. The van der Waals surface area contributed by atoms with E-state index in [0.717, 1.165) is 17.5 Å². The minimum atomic E-state index is -0.855. The van der Waals surface area contributed by atoms with Gasteiger partial charge in [-0.15, -0.1) is 0 Å². The number of ether oxygens (including phenoxy) is 1. The average molecular weight is 558 g/mol. The van der Waals surface area contributed by atoms with Crippen LogP contribution in [-0.2, 0) is 17.6 Å². The van der Waals surface area contributed by atoms with E-state index in [0.29, 0.717) is 30.2 Å². The van der Waals surface area contributed by atoms with Crippen molar-refractivity contribution in [2.24, 2.45) is 10.9 Å². The van der Waals surface area contributed by atoms with Crippen LogP contribution < -0.4 is 20.5 Å². The molecule has 8 nitrogen and oxygen atoms in total. The zero-order valence-corrected chi connectivity index (χ0v) is 24.6. The predicted molar refractivity (Wildman–Crippen MR) is 160 cm³/mol. The number of aliphatic imine (C=N–C) groups is 1. The Bertz CT molecular complexity index is 1270. The van der Waals surface area contributed by atoms with Crippen molar-refractivity contribution >= 4 is 17.8 Å². The molecular formula is C33H41N4O4-. The van der Waals surface area contributed by atoms with Crippen LogP contribution in [0.3, 0.4) is 0 Å². The second-order valence-electron chi connectivity index (χ2n) is 11.5. The van der Waals surface area contributed by atoms with Crippen LogP contribution in [-0.4, -0.2) is 46.9 Å². The van der Waals surface area contributed by atoms with Gasteiger partial charge in [-0.3, -0.25) is 14.8 Å². The van der Waals surface area contributed by atoms with E-state index < -0.39 is 29.5 Å². The molecule has 2 N–H and O–H groups in total. The summed E-state index contributed by atoms with van der Waals surface area (Å²) < 4.78 is 5.47. The summed E-state index contributed by atoms with van der Waals surface area (Å²) in [6, 6.07) is 18.1. The lowest BCUT2D eigenvalue weighted by Crippen LogP contribution is -2.54. The van der Waals surface area contributed by atoms with Crippen LogP contribution in [0.2, 0.25) is 0 Å². The fraction of sp³-hybridized carbons (Fsp3) is 0.394. The lowest BCUT2D eigenvalue weighted by Gasteiger charge is -2.30. The first kappa shape index (κ1) is 31.5. The maximum absolute atomic E-state index is 13.6. The summed E-state index contributed by atoms with van der Waals surface area (Å²) in [5.74, 6) is -0.229. The Kier molecular flexibility index (Phi) is 11.6. The molecule has 2 aromatic carbocycles. The molecule has 8 heteroatoms. The number of benzene rings is 2. The van der Waals surface area contributed by atoms with E-state index in [1.54, 1.807) is 60.9 Å². The number of nitrogens with one attached hydrogen (secondary N) is 2. The van der Waals surface area contributed by atoms with E-state index in [1.807, 2.05) is 39.0 Å². The topological polar surface area (TPSA) is 116 Å². The van der Waals surface area contributed by atoms with Gasteiger partial charge in [0.05, 0.1) is 23.2 Å². The number of carbonyl (C=O) groups is 2. The maximum Gasteiger partial charge on any atom is 0.343 e. The largest absolute Gasteiger partial charge is 0.861 e. The van der Waals surface area contributed by atoms with Gasteiger partial charge in [0.25, 0.3) is 0 Å². The molecule has 218 valence electrons. The molecule has 3 aromatic rings. The number of carbonyl (C=O) groups excluding carboxylic acids is 2. The zero-order chi connectivity index (χ0) is 29.8. The summed E-state index contributed by atoms with van der Waals surface area (Å²) in [6.45, 7) is 10.5. The number of rotatable bonds is 13. The summed E-state index contributed by atoms with van der Waals surface area (Å²) in [7, 11) is 0. The third-order valence-electron chi connectivity index (χ3n) is 6.26. The van der Waals surface area contributed by atoms with Gasteiger partial charge in [-0.05, 0) is 106 Å². The second-order valence-corrected chi connectivity index (χ2v) is 11.5. The van der Waals surface area contributed by atoms with E-state index in [2.05, 4.69) is 34.5 Å². The Hall–Kier alpha value is -4.04. The smallest absolute Gasteiger partial charge is 0.343 e. The van der Waals surface area contributed by atoms with Crippen LogP contribution in [0.4, 0.5) is 0 Å². The molecule has 2 atom stereocenters. The van der Waals surface area contributed by atoms with Crippen LogP contribution in [0.25, 0.3) is 0 Å². The molecule has 1 amide bonds. The third kappa shape index (κ3) is 11.2. The number of pyridine rings is 1. The van der Waals surface area contributed by atoms with Gasteiger partial charge in [-0.25, -0.2) is 4.79 Å². The molecule has 0 fully saturated rings. The Balaban J connectivity index is 1.76. The number of esters is 1. The molecule has 41 heavy (non-hydrogen) atoms. The van der Waals surface area contributed by atoms with Crippen molar-refractivity contribution in [1.82, 2.24) is 15.6 Å². The summed E-state index contributed by atoms with van der Waals surface area (Å²) in [6.07, 6.45) is 5.03. The quantitative estimate of drug-likeness (QED) is 0.141. The van der Waals surface area contributed by atoms with Crippen molar-refractivity contribution in [3.8, 4) is 5.75 Å². The fourth-order valence-corrected chi connectivity index (χ4v) is 4.11. The first-order valence-corrected chi connectivity index (χ1v) is 14.1. The van der Waals surface area contributed by atoms with Gasteiger partial charge in [0.1, 0.15) is 5.75 Å². The molecule has 0 bridgehead atoms. The summed E-state index contributed by atoms with van der Waals surface area (Å²) in [5.41, 5.74) is 1.63. The van der Waals surface area contributed by atoms with Gasteiger partial charge in [0.2, 0.25) is 5.91 Å². The number of amides is 1. The molecule has 0 aliphatic carbocycles. The van der Waals surface area contributed by atoms with Crippen molar-refractivity contribution in [3.63, 3.8) is 0 Å². The number of nitrogens with zero attached hydrogens (tertiary/aromatic N) is 2. The molecule has 1 aromatic heterocycles. The number of hydrogen-bond donors (Lipinski definition) is 2. The van der Waals surface area contributed by atoms with E-state index in [4.69, 9.17) is 4.74 Å². The monoisotopic (exact) mass is 557 g/mol. The van der Waals surface area contributed by atoms with Crippen LogP contribution in [0.15, 0.2) is 84.1 Å². The Morgan fingerprint density at radius 3 is 2.12 bits per heavy atom. The highest BCUT2D eigenvalue weighted by Gasteiger charge is 2.23. The number of hydrogen-bond acceptors (Lipinski definition) is 7. The Morgan fingerprint density at radius 1 is 0.902 bits per heavy atom. The minimum absolute atomic E-state index is 0.241. The predicted octanol–water partition coefficient (Wildman–Crippen LogP) is 4.13. The van der Waals surface area contributed by atoms with E-state index in [-0.39, 0.29) is 12.3 Å². The molecule has 0 aliphatic rings. The summed E-state index contributed by atoms with van der Waals surface area (Å²) in [4.78, 5) is 34.3. The van der Waals surface area contributed by atoms with Gasteiger partial charge in [-0.2, -0.15) is 0 Å². The van der Waals surface area contributed by atoms with Crippen molar-refractivity contribution in [1.29, 1.82) is 0 Å². The number of aromatic nitrogens is 1. The molecular weight excluding hydrogens is 516 g/mol. The molecule has 0 aliphatic heterocycles. The van der Waals surface area contributed by atoms with Crippen LogP contribution in [0, 0.1) is 5.92 Å². The fourth-order valence-electron chi connectivity index (χ4n) is 4.11. The van der Waals surface area contributed by atoms with Crippen molar-refractivity contribution in [2.75, 3.05) is 6.54 Å². The molecule has 0 saturated heterocycles. The maximum atomic E-state index is 13.6. The van der Waals surface area contributed by atoms with Gasteiger partial charge >= 0.3 is 5.97 Å². The SMILES string of the molecule is CC(C)CCN[C@@H](Cc1ccncc1)C(=O)N[C@@H](Cc1ccc(OC(=O)c2ccccc2)cc1)C([O-])=NC(C)(C)C. The Morgan fingerprint density at radius 2 is 1.51 bits per heavy atom. The van der Waals surface area contributed by atoms with Crippen LogP contribution in [0.5, 0.6) is 5.75 Å². The highest BCUT2D eigenvalue weighted by Crippen LogP contribution is 2.17. The molecule has 0 spiro atoms. The molecule has 0 radical (unpaired) electrons.